The van der Waals surface area contributed by atoms with E-state index in [1.807, 2.05) is 0 Å². The van der Waals surface area contributed by atoms with E-state index < -0.39 is 0 Å². The van der Waals surface area contributed by atoms with Crippen molar-refractivity contribution in [3.8, 4) is 0 Å². The second-order valence-electron chi connectivity index (χ2n) is 3.62. The second kappa shape index (κ2) is 2.70. The van der Waals surface area contributed by atoms with Crippen LogP contribution in [0.5, 0.6) is 0 Å². The van der Waals surface area contributed by atoms with Crippen LogP contribution in [0.4, 0.5) is 0 Å². The standard InChI is InChI=1S/C10H12OS/c1-10(2)5-3-8-9(4-6-10)12-7-11-8/h3-6H,7H2,1-2H3. The molecule has 0 amide bonds. The Labute approximate surface area is 77.2 Å². The molecule has 0 radical (unpaired) electrons. The molecule has 0 fully saturated rings. The van der Waals surface area contributed by atoms with Gasteiger partial charge in [-0.15, -0.1) is 0 Å². The van der Waals surface area contributed by atoms with E-state index in [0.29, 0.717) is 0 Å². The molecular weight excluding hydrogens is 168 g/mol. The monoisotopic (exact) mass is 180 g/mol. The minimum absolute atomic E-state index is 0.161. The minimum Gasteiger partial charge on any atom is -0.481 e. The van der Waals surface area contributed by atoms with Gasteiger partial charge < -0.3 is 4.74 Å². The van der Waals surface area contributed by atoms with Crippen molar-refractivity contribution in [2.45, 2.75) is 13.8 Å². The van der Waals surface area contributed by atoms with Crippen molar-refractivity contribution in [2.24, 2.45) is 5.41 Å². The molecule has 1 aliphatic carbocycles. The number of thioether (sulfide) groups is 1. The molecule has 0 N–H and O–H groups in total. The molecule has 0 aromatic rings. The van der Waals surface area contributed by atoms with Crippen molar-refractivity contribution < 1.29 is 4.74 Å². The van der Waals surface area contributed by atoms with E-state index in [2.05, 4.69) is 38.2 Å². The van der Waals surface area contributed by atoms with Crippen molar-refractivity contribution in [1.29, 1.82) is 0 Å². The number of ether oxygens (including phenoxy) is 1. The van der Waals surface area contributed by atoms with Gasteiger partial charge in [0.05, 0.1) is 4.91 Å². The van der Waals surface area contributed by atoms with Crippen molar-refractivity contribution in [2.75, 3.05) is 5.94 Å². The zero-order valence-corrected chi connectivity index (χ0v) is 8.15. The highest BCUT2D eigenvalue weighted by Crippen LogP contribution is 2.35. The largest absolute Gasteiger partial charge is 0.481 e. The normalized spacial score (nSPS) is 25.2. The summed E-state index contributed by atoms with van der Waals surface area (Å²) < 4.78 is 5.43. The Morgan fingerprint density at radius 2 is 2.08 bits per heavy atom. The zero-order chi connectivity index (χ0) is 8.60. The van der Waals surface area contributed by atoms with Crippen LogP contribution in [0.1, 0.15) is 13.8 Å². The highest BCUT2D eigenvalue weighted by molar-refractivity contribution is 8.03. The summed E-state index contributed by atoms with van der Waals surface area (Å²) in [6.07, 6.45) is 8.63. The molecule has 0 unspecified atom stereocenters. The maximum Gasteiger partial charge on any atom is 0.138 e. The summed E-state index contributed by atoms with van der Waals surface area (Å²) in [6, 6.07) is 0. The predicted octanol–water partition coefficient (Wildman–Crippen LogP) is 3.07. The van der Waals surface area contributed by atoms with Crippen LogP contribution in [0.3, 0.4) is 0 Å². The number of hydrogen-bond donors (Lipinski definition) is 0. The van der Waals surface area contributed by atoms with Crippen molar-refractivity contribution in [1.82, 2.24) is 0 Å². The molecule has 2 aliphatic rings. The van der Waals surface area contributed by atoms with E-state index in [-0.39, 0.29) is 5.41 Å². The van der Waals surface area contributed by atoms with Gasteiger partial charge in [-0.1, -0.05) is 37.8 Å². The minimum atomic E-state index is 0.161. The van der Waals surface area contributed by atoms with Gasteiger partial charge in [-0.25, -0.2) is 0 Å². The average Bonchev–Trinajstić information content (AvgIpc) is 2.40. The first kappa shape index (κ1) is 7.99. The number of hydrogen-bond acceptors (Lipinski definition) is 2. The predicted molar refractivity (Wildman–Crippen MR) is 52.6 cm³/mol. The molecule has 1 aliphatic heterocycles. The molecule has 0 spiro atoms. The molecule has 0 atom stereocenters. The van der Waals surface area contributed by atoms with Crippen molar-refractivity contribution in [3.05, 3.63) is 35.0 Å². The van der Waals surface area contributed by atoms with E-state index in [0.717, 1.165) is 11.7 Å². The summed E-state index contributed by atoms with van der Waals surface area (Å²) in [7, 11) is 0. The topological polar surface area (TPSA) is 9.23 Å². The molecular formula is C10H12OS. The van der Waals surface area contributed by atoms with Crippen molar-refractivity contribution in [3.63, 3.8) is 0 Å². The SMILES string of the molecule is CC1(C)C=CC2=C(C=C1)SCO2. The summed E-state index contributed by atoms with van der Waals surface area (Å²) in [5.74, 6) is 1.79. The Kier molecular flexibility index (Phi) is 1.80. The fraction of sp³-hybridized carbons (Fsp3) is 0.400. The first-order chi connectivity index (χ1) is 5.67. The lowest BCUT2D eigenvalue weighted by Gasteiger charge is -2.12. The van der Waals surface area contributed by atoms with E-state index in [1.54, 1.807) is 11.8 Å². The fourth-order valence-corrected chi connectivity index (χ4v) is 1.94. The van der Waals surface area contributed by atoms with Gasteiger partial charge in [0.15, 0.2) is 0 Å². The van der Waals surface area contributed by atoms with E-state index in [1.165, 1.54) is 4.91 Å². The van der Waals surface area contributed by atoms with Crippen LogP contribution in [-0.4, -0.2) is 5.94 Å². The van der Waals surface area contributed by atoms with Crippen LogP contribution in [-0.2, 0) is 4.74 Å². The average molecular weight is 180 g/mol. The zero-order valence-electron chi connectivity index (χ0n) is 7.33. The van der Waals surface area contributed by atoms with Gasteiger partial charge >= 0.3 is 0 Å². The first-order valence-corrected chi connectivity index (χ1v) is 5.04. The van der Waals surface area contributed by atoms with Crippen LogP contribution < -0.4 is 0 Å². The van der Waals surface area contributed by atoms with Gasteiger partial charge in [0, 0.05) is 5.41 Å². The Balaban J connectivity index is 2.34. The highest BCUT2D eigenvalue weighted by Gasteiger charge is 2.18. The maximum atomic E-state index is 5.43. The third-order valence-corrected chi connectivity index (χ3v) is 2.88. The summed E-state index contributed by atoms with van der Waals surface area (Å²) in [4.78, 5) is 1.26. The van der Waals surface area contributed by atoms with Gasteiger partial charge in [0.25, 0.3) is 0 Å². The van der Waals surface area contributed by atoms with Crippen LogP contribution in [0.25, 0.3) is 0 Å². The molecule has 64 valence electrons. The number of allylic oxidation sites excluding steroid dienone is 4. The first-order valence-electron chi connectivity index (χ1n) is 4.06. The van der Waals surface area contributed by atoms with Crippen molar-refractivity contribution >= 4 is 11.8 Å². The molecule has 12 heavy (non-hydrogen) atoms. The van der Waals surface area contributed by atoms with Gasteiger partial charge in [-0.2, -0.15) is 0 Å². The lowest BCUT2D eigenvalue weighted by molar-refractivity contribution is 0.295. The lowest BCUT2D eigenvalue weighted by Crippen LogP contribution is -2.01. The van der Waals surface area contributed by atoms with Gasteiger partial charge in [0.2, 0.25) is 0 Å². The maximum absolute atomic E-state index is 5.43. The third kappa shape index (κ3) is 1.44. The van der Waals surface area contributed by atoms with Crippen LogP contribution in [0.2, 0.25) is 0 Å². The molecule has 1 heterocycles. The quantitative estimate of drug-likeness (QED) is 0.566. The molecule has 1 nitrogen and oxygen atoms in total. The Morgan fingerprint density at radius 1 is 1.33 bits per heavy atom. The molecule has 0 saturated heterocycles. The molecule has 0 saturated carbocycles. The number of rotatable bonds is 0. The molecule has 0 bridgehead atoms. The highest BCUT2D eigenvalue weighted by atomic mass is 32.2. The van der Waals surface area contributed by atoms with Gasteiger partial charge in [-0.05, 0) is 12.2 Å². The second-order valence-corrected chi connectivity index (χ2v) is 4.59. The van der Waals surface area contributed by atoms with E-state index >= 15 is 0 Å². The summed E-state index contributed by atoms with van der Waals surface area (Å²) in [5.41, 5.74) is 0.161. The summed E-state index contributed by atoms with van der Waals surface area (Å²) in [6.45, 7) is 4.37. The third-order valence-electron chi connectivity index (χ3n) is 2.00. The molecule has 0 aromatic heterocycles. The summed E-state index contributed by atoms with van der Waals surface area (Å²) in [5, 5.41) is 0. The Hall–Kier alpha value is -0.630. The van der Waals surface area contributed by atoms with E-state index in [9.17, 15) is 0 Å². The molecule has 2 heteroatoms. The van der Waals surface area contributed by atoms with Gasteiger partial charge in [-0.3, -0.25) is 0 Å². The fourth-order valence-electron chi connectivity index (χ4n) is 1.20. The van der Waals surface area contributed by atoms with Crippen LogP contribution >= 0.6 is 11.8 Å². The van der Waals surface area contributed by atoms with Crippen LogP contribution in [0, 0.1) is 5.41 Å². The molecule has 2 rings (SSSR count). The lowest BCUT2D eigenvalue weighted by atomic mass is 9.93. The smallest absolute Gasteiger partial charge is 0.138 e. The van der Waals surface area contributed by atoms with Crippen LogP contribution in [0.15, 0.2) is 35.0 Å². The summed E-state index contributed by atoms with van der Waals surface area (Å²) >= 11 is 1.76. The van der Waals surface area contributed by atoms with E-state index in [4.69, 9.17) is 4.74 Å². The Bertz CT molecular complexity index is 258. The molecule has 0 aromatic carbocycles. The van der Waals surface area contributed by atoms with Gasteiger partial charge in [0.1, 0.15) is 11.7 Å². The Morgan fingerprint density at radius 3 is 2.92 bits per heavy atom.